The second-order valence-corrected chi connectivity index (χ2v) is 6.92. The highest BCUT2D eigenvalue weighted by Gasteiger charge is 2.16. The highest BCUT2D eigenvalue weighted by molar-refractivity contribution is 7.99. The molecule has 8 heteroatoms. The number of aryl methyl sites for hydroxylation is 1. The molecule has 0 aliphatic carbocycles. The van der Waals surface area contributed by atoms with E-state index in [1.165, 1.54) is 11.8 Å². The van der Waals surface area contributed by atoms with Crippen LogP contribution in [0.3, 0.4) is 0 Å². The van der Waals surface area contributed by atoms with Gasteiger partial charge in [0.15, 0.2) is 11.0 Å². The van der Waals surface area contributed by atoms with Gasteiger partial charge in [-0.15, -0.1) is 10.2 Å². The molecule has 1 aromatic heterocycles. The van der Waals surface area contributed by atoms with E-state index >= 15 is 0 Å². The minimum Gasteiger partial charge on any atom is -0.351 e. The van der Waals surface area contributed by atoms with Gasteiger partial charge < -0.3 is 5.73 Å². The van der Waals surface area contributed by atoms with Crippen LogP contribution in [0.4, 0.5) is 4.79 Å². The molecule has 0 fully saturated rings. The molecule has 3 aromatic rings. The van der Waals surface area contributed by atoms with Crippen molar-refractivity contribution < 1.29 is 9.59 Å². The van der Waals surface area contributed by atoms with Crippen LogP contribution in [0.2, 0.25) is 0 Å². The van der Waals surface area contributed by atoms with Gasteiger partial charge in [-0.3, -0.25) is 14.7 Å². The molecule has 0 radical (unpaired) electrons. The lowest BCUT2D eigenvalue weighted by Crippen LogP contribution is -2.35. The smallest absolute Gasteiger partial charge is 0.318 e. The number of thioether (sulfide) groups is 1. The van der Waals surface area contributed by atoms with E-state index < -0.39 is 11.9 Å². The lowest BCUT2D eigenvalue weighted by atomic mass is 10.1. The van der Waals surface area contributed by atoms with Crippen molar-refractivity contribution >= 4 is 23.7 Å². The first-order valence-corrected chi connectivity index (χ1v) is 9.33. The lowest BCUT2D eigenvalue weighted by Gasteiger charge is -2.10. The van der Waals surface area contributed by atoms with Crippen molar-refractivity contribution in [2.24, 2.45) is 5.73 Å². The van der Waals surface area contributed by atoms with Gasteiger partial charge in [0.1, 0.15) is 0 Å². The summed E-state index contributed by atoms with van der Waals surface area (Å²) >= 11 is 1.39. The van der Waals surface area contributed by atoms with Crippen LogP contribution in [0.15, 0.2) is 59.8 Å². The number of para-hydroxylation sites is 1. The molecule has 3 rings (SSSR count). The summed E-state index contributed by atoms with van der Waals surface area (Å²) in [6.45, 7) is 2.03. The van der Waals surface area contributed by atoms with E-state index in [9.17, 15) is 9.59 Å². The summed E-state index contributed by atoms with van der Waals surface area (Å²) in [6.07, 6.45) is 0.148. The Hall–Kier alpha value is -3.13. The first-order chi connectivity index (χ1) is 13.0. The maximum atomic E-state index is 11.6. The number of primary amides is 1. The van der Waals surface area contributed by atoms with Crippen LogP contribution < -0.4 is 11.1 Å². The number of carbonyl (C=O) groups excluding carboxylic acids is 2. The summed E-state index contributed by atoms with van der Waals surface area (Å²) in [7, 11) is 0. The first-order valence-electron chi connectivity index (χ1n) is 8.34. The number of rotatable bonds is 6. The molecule has 0 saturated heterocycles. The van der Waals surface area contributed by atoms with Gasteiger partial charge in [-0.25, -0.2) is 4.79 Å². The molecular weight excluding hydrogens is 362 g/mol. The lowest BCUT2D eigenvalue weighted by molar-refractivity contribution is -0.119. The van der Waals surface area contributed by atoms with E-state index in [1.807, 2.05) is 60.0 Å². The van der Waals surface area contributed by atoms with Crippen LogP contribution in [0.1, 0.15) is 12.0 Å². The van der Waals surface area contributed by atoms with Gasteiger partial charge in [-0.1, -0.05) is 53.7 Å². The van der Waals surface area contributed by atoms with Gasteiger partial charge in [-0.2, -0.15) is 0 Å². The Bertz CT molecular complexity index is 956. The maximum Gasteiger partial charge on any atom is 0.318 e. The molecule has 1 heterocycles. The highest BCUT2D eigenvalue weighted by atomic mass is 32.2. The summed E-state index contributed by atoms with van der Waals surface area (Å²) in [5.41, 5.74) is 7.98. The number of nitrogens with two attached hydrogens (primary N) is 1. The standard InChI is InChI=1S/C19H19N5O2S/c1-13-6-5-7-14(12-13)17-22-23-19(24(17)15-8-3-2-4-9-15)27-11-10-16(25)21-18(20)26/h2-9,12H,10-11H2,1H3,(H3,20,21,25,26). The Morgan fingerprint density at radius 2 is 1.89 bits per heavy atom. The molecule has 0 aliphatic heterocycles. The minimum atomic E-state index is -0.848. The van der Waals surface area contributed by atoms with Crippen molar-refractivity contribution in [1.82, 2.24) is 20.1 Å². The molecule has 0 unspecified atom stereocenters. The van der Waals surface area contributed by atoms with Crippen LogP contribution in [0, 0.1) is 6.92 Å². The number of nitrogens with zero attached hydrogens (tertiary/aromatic N) is 3. The van der Waals surface area contributed by atoms with Crippen LogP contribution in [0.5, 0.6) is 0 Å². The number of carbonyl (C=O) groups is 2. The maximum absolute atomic E-state index is 11.6. The van der Waals surface area contributed by atoms with Crippen LogP contribution in [-0.4, -0.2) is 32.5 Å². The largest absolute Gasteiger partial charge is 0.351 e. The molecule has 3 amide bonds. The molecule has 2 aromatic carbocycles. The van der Waals surface area contributed by atoms with Gasteiger partial charge in [0, 0.05) is 23.4 Å². The summed E-state index contributed by atoms with van der Waals surface area (Å²) in [6, 6.07) is 17.0. The van der Waals surface area contributed by atoms with E-state index in [2.05, 4.69) is 21.6 Å². The van der Waals surface area contributed by atoms with E-state index in [0.29, 0.717) is 10.9 Å². The molecule has 138 valence electrons. The van der Waals surface area contributed by atoms with E-state index in [1.54, 1.807) is 0 Å². The number of hydrogen-bond acceptors (Lipinski definition) is 5. The molecular formula is C19H19N5O2S. The van der Waals surface area contributed by atoms with Crippen molar-refractivity contribution in [2.45, 2.75) is 18.5 Å². The molecule has 7 nitrogen and oxygen atoms in total. The number of aromatic nitrogens is 3. The minimum absolute atomic E-state index is 0.148. The number of benzene rings is 2. The molecule has 0 bridgehead atoms. The fraction of sp³-hybridized carbons (Fsp3) is 0.158. The normalized spacial score (nSPS) is 10.6. The monoisotopic (exact) mass is 381 g/mol. The SMILES string of the molecule is Cc1cccc(-c2nnc(SCCC(=O)NC(N)=O)n2-c2ccccc2)c1. The van der Waals surface area contributed by atoms with Crippen LogP contribution >= 0.6 is 11.8 Å². The van der Waals surface area contributed by atoms with Gasteiger partial charge in [-0.05, 0) is 25.1 Å². The van der Waals surface area contributed by atoms with Crippen molar-refractivity contribution in [3.05, 3.63) is 60.2 Å². The Kier molecular flexibility index (Phi) is 5.87. The number of imide groups is 1. The number of hydrogen-bond donors (Lipinski definition) is 2. The molecule has 0 atom stereocenters. The fourth-order valence-corrected chi connectivity index (χ4v) is 3.47. The molecule has 0 saturated carbocycles. The van der Waals surface area contributed by atoms with Crippen molar-refractivity contribution in [1.29, 1.82) is 0 Å². The number of nitrogens with one attached hydrogen (secondary N) is 1. The third-order valence-corrected chi connectivity index (χ3v) is 4.68. The third-order valence-electron chi connectivity index (χ3n) is 3.75. The zero-order valence-corrected chi connectivity index (χ0v) is 15.6. The van der Waals surface area contributed by atoms with Gasteiger partial charge in [0.25, 0.3) is 0 Å². The topological polar surface area (TPSA) is 103 Å². The van der Waals surface area contributed by atoms with Crippen molar-refractivity contribution in [2.75, 3.05) is 5.75 Å². The fourth-order valence-electron chi connectivity index (χ4n) is 2.58. The predicted octanol–water partition coefficient (Wildman–Crippen LogP) is 2.92. The summed E-state index contributed by atoms with van der Waals surface area (Å²) in [5, 5.41) is 11.4. The Morgan fingerprint density at radius 1 is 1.11 bits per heavy atom. The van der Waals surface area contributed by atoms with E-state index in [-0.39, 0.29) is 6.42 Å². The molecule has 27 heavy (non-hydrogen) atoms. The molecule has 0 aliphatic rings. The zero-order chi connectivity index (χ0) is 19.2. The third kappa shape index (κ3) is 4.73. The van der Waals surface area contributed by atoms with Crippen molar-refractivity contribution in [3.63, 3.8) is 0 Å². The quantitative estimate of drug-likeness (QED) is 0.639. The number of urea groups is 1. The summed E-state index contributed by atoms with van der Waals surface area (Å²) in [5.74, 6) is 0.756. The number of amides is 3. The van der Waals surface area contributed by atoms with Crippen molar-refractivity contribution in [3.8, 4) is 17.1 Å². The summed E-state index contributed by atoms with van der Waals surface area (Å²) in [4.78, 5) is 22.3. The average molecular weight is 381 g/mol. The predicted molar refractivity (Wildman–Crippen MR) is 105 cm³/mol. The second kappa shape index (κ2) is 8.50. The van der Waals surface area contributed by atoms with Crippen LogP contribution in [0.25, 0.3) is 17.1 Å². The van der Waals surface area contributed by atoms with E-state index in [0.717, 1.165) is 22.6 Å². The van der Waals surface area contributed by atoms with E-state index in [4.69, 9.17) is 5.73 Å². The summed E-state index contributed by atoms with van der Waals surface area (Å²) < 4.78 is 1.96. The highest BCUT2D eigenvalue weighted by Crippen LogP contribution is 2.28. The van der Waals surface area contributed by atoms with Crippen LogP contribution in [-0.2, 0) is 4.79 Å². The van der Waals surface area contributed by atoms with Gasteiger partial charge >= 0.3 is 6.03 Å². The second-order valence-electron chi connectivity index (χ2n) is 5.86. The van der Waals surface area contributed by atoms with Gasteiger partial charge in [0.05, 0.1) is 0 Å². The Balaban J connectivity index is 1.88. The first kappa shape index (κ1) is 18.7. The molecule has 0 spiro atoms. The molecule has 3 N–H and O–H groups in total. The Morgan fingerprint density at radius 3 is 2.59 bits per heavy atom. The average Bonchev–Trinajstić information content (AvgIpc) is 3.06. The Labute approximate surface area is 161 Å². The zero-order valence-electron chi connectivity index (χ0n) is 14.8. The van der Waals surface area contributed by atoms with Gasteiger partial charge in [0.2, 0.25) is 5.91 Å².